The third-order valence-corrected chi connectivity index (χ3v) is 1.78. The first-order valence-electron chi connectivity index (χ1n) is 4.93. The van der Waals surface area contributed by atoms with Crippen molar-refractivity contribution < 1.29 is 9.53 Å². The number of hydrogen-bond donors (Lipinski definition) is 1. The minimum atomic E-state index is -0.476. The van der Waals surface area contributed by atoms with Gasteiger partial charge in [-0.25, -0.2) is 4.79 Å². The van der Waals surface area contributed by atoms with Gasteiger partial charge >= 0.3 is 6.09 Å². The molecule has 1 amide bonds. The molecule has 0 aromatic heterocycles. The summed E-state index contributed by atoms with van der Waals surface area (Å²) in [6.45, 7) is 9.35. The lowest BCUT2D eigenvalue weighted by molar-refractivity contribution is 0.0547. The summed E-state index contributed by atoms with van der Waals surface area (Å²) in [5.74, 6) is 0. The lowest BCUT2D eigenvalue weighted by Gasteiger charge is -2.21. The van der Waals surface area contributed by atoms with Crippen molar-refractivity contribution in [3.8, 4) is 0 Å². The van der Waals surface area contributed by atoms with Gasteiger partial charge in [-0.2, -0.15) is 0 Å². The highest BCUT2D eigenvalue weighted by Gasteiger charge is 2.17. The normalized spacial score (nSPS) is 15.9. The highest BCUT2D eigenvalue weighted by Crippen LogP contribution is 2.15. The number of hydrogen-bond acceptors (Lipinski definition) is 2. The molecule has 0 spiro atoms. The van der Waals surface area contributed by atoms with Gasteiger partial charge in [0.1, 0.15) is 5.60 Å². The molecular weight excluding hydrogens is 190 g/mol. The summed E-state index contributed by atoms with van der Waals surface area (Å²) in [7, 11) is 0. The molecule has 0 aliphatic heterocycles. The second-order valence-electron chi connectivity index (χ2n) is 4.44. The van der Waals surface area contributed by atoms with Crippen molar-refractivity contribution >= 4 is 6.09 Å². The minimum Gasteiger partial charge on any atom is -0.444 e. The van der Waals surface area contributed by atoms with Gasteiger partial charge in [0.25, 0.3) is 0 Å². The van der Waals surface area contributed by atoms with E-state index in [4.69, 9.17) is 4.74 Å². The van der Waals surface area contributed by atoms with Crippen LogP contribution >= 0.6 is 0 Å². The third kappa shape index (κ3) is 4.02. The van der Waals surface area contributed by atoms with Crippen LogP contribution in [0.15, 0.2) is 36.1 Å². The number of carbonyl (C=O) groups excluding carboxylic acids is 1. The monoisotopic (exact) mass is 207 g/mol. The average molecular weight is 207 g/mol. The average Bonchev–Trinajstić information content (AvgIpc) is 2.05. The van der Waals surface area contributed by atoms with E-state index < -0.39 is 11.7 Å². The fourth-order valence-corrected chi connectivity index (χ4v) is 1.15. The van der Waals surface area contributed by atoms with Gasteiger partial charge in [0.05, 0.1) is 0 Å². The van der Waals surface area contributed by atoms with Crippen LogP contribution in [0.3, 0.4) is 0 Å². The fraction of sp³-hybridized carbons (Fsp3) is 0.417. The van der Waals surface area contributed by atoms with Crippen LogP contribution in [0, 0.1) is 0 Å². The molecule has 3 nitrogen and oxygen atoms in total. The Morgan fingerprint density at radius 1 is 1.53 bits per heavy atom. The van der Waals surface area contributed by atoms with Crippen molar-refractivity contribution in [2.24, 2.45) is 0 Å². The number of nitrogens with one attached hydrogen (secondary N) is 1. The Morgan fingerprint density at radius 2 is 2.20 bits per heavy atom. The maximum atomic E-state index is 11.4. The van der Waals surface area contributed by atoms with Gasteiger partial charge in [-0.15, -0.1) is 0 Å². The molecule has 0 atom stereocenters. The molecular formula is C12H17NO2. The molecule has 15 heavy (non-hydrogen) atoms. The van der Waals surface area contributed by atoms with Crippen LogP contribution < -0.4 is 5.32 Å². The predicted molar refractivity (Wildman–Crippen MR) is 60.3 cm³/mol. The van der Waals surface area contributed by atoms with E-state index in [9.17, 15) is 4.79 Å². The summed E-state index contributed by atoms with van der Waals surface area (Å²) >= 11 is 0. The van der Waals surface area contributed by atoms with Crippen LogP contribution in [0.5, 0.6) is 0 Å². The molecule has 0 saturated heterocycles. The molecule has 1 aliphatic carbocycles. The highest BCUT2D eigenvalue weighted by atomic mass is 16.6. The molecule has 1 aliphatic rings. The summed E-state index contributed by atoms with van der Waals surface area (Å²) in [4.78, 5) is 11.4. The second kappa shape index (κ2) is 4.34. The van der Waals surface area contributed by atoms with Crippen molar-refractivity contribution in [2.75, 3.05) is 0 Å². The maximum absolute atomic E-state index is 11.4. The number of ether oxygens (including phenoxy) is 1. The smallest absolute Gasteiger partial charge is 0.412 e. The Bertz CT molecular complexity index is 332. The summed E-state index contributed by atoms with van der Waals surface area (Å²) in [5, 5.41) is 2.67. The van der Waals surface area contributed by atoms with E-state index in [-0.39, 0.29) is 0 Å². The lowest BCUT2D eigenvalue weighted by atomic mass is 10.1. The van der Waals surface area contributed by atoms with E-state index in [2.05, 4.69) is 11.9 Å². The van der Waals surface area contributed by atoms with Crippen molar-refractivity contribution in [1.82, 2.24) is 5.32 Å². The van der Waals surface area contributed by atoms with Crippen LogP contribution in [0.4, 0.5) is 4.79 Å². The summed E-state index contributed by atoms with van der Waals surface area (Å²) in [5.41, 5.74) is 1.14. The Labute approximate surface area is 90.5 Å². The molecule has 0 fully saturated rings. The topological polar surface area (TPSA) is 38.3 Å². The van der Waals surface area contributed by atoms with E-state index >= 15 is 0 Å². The molecule has 0 bridgehead atoms. The van der Waals surface area contributed by atoms with Gasteiger partial charge < -0.3 is 4.74 Å². The summed E-state index contributed by atoms with van der Waals surface area (Å²) in [6, 6.07) is 0. The molecule has 0 radical (unpaired) electrons. The fourth-order valence-electron chi connectivity index (χ4n) is 1.15. The molecule has 0 aromatic carbocycles. The van der Waals surface area contributed by atoms with Crippen molar-refractivity contribution in [3.63, 3.8) is 0 Å². The number of rotatable bonds is 1. The zero-order valence-electron chi connectivity index (χ0n) is 9.46. The predicted octanol–water partition coefficient (Wildman–Crippen LogP) is 2.91. The van der Waals surface area contributed by atoms with E-state index in [0.29, 0.717) is 0 Å². The first-order valence-corrected chi connectivity index (χ1v) is 4.93. The maximum Gasteiger partial charge on any atom is 0.412 e. The first-order chi connectivity index (χ1) is 6.88. The Morgan fingerprint density at radius 3 is 2.73 bits per heavy atom. The zero-order valence-corrected chi connectivity index (χ0v) is 9.46. The number of allylic oxidation sites excluding steroid dienone is 4. The molecule has 82 valence electrons. The van der Waals surface area contributed by atoms with Crippen LogP contribution in [0.2, 0.25) is 0 Å². The summed E-state index contributed by atoms with van der Waals surface area (Å²) < 4.78 is 5.13. The van der Waals surface area contributed by atoms with Gasteiger partial charge in [-0.3, -0.25) is 5.32 Å². The molecule has 0 heterocycles. The van der Waals surface area contributed by atoms with Crippen molar-refractivity contribution in [2.45, 2.75) is 32.8 Å². The van der Waals surface area contributed by atoms with E-state index in [1.165, 1.54) is 0 Å². The van der Waals surface area contributed by atoms with Gasteiger partial charge in [0, 0.05) is 5.70 Å². The standard InChI is InChI=1S/C12H17NO2/c1-9-7-5-6-8-10(9)13-11(14)15-12(2,3)4/h5-6,8H,1,7H2,2-4H3,(H,13,14). The minimum absolute atomic E-state index is 0.440. The van der Waals surface area contributed by atoms with Crippen LogP contribution in [-0.4, -0.2) is 11.7 Å². The molecule has 1 N–H and O–H groups in total. The molecule has 0 unspecified atom stereocenters. The van der Waals surface area contributed by atoms with Crippen LogP contribution in [-0.2, 0) is 4.74 Å². The zero-order chi connectivity index (χ0) is 11.5. The van der Waals surface area contributed by atoms with Crippen LogP contribution in [0.25, 0.3) is 0 Å². The highest BCUT2D eigenvalue weighted by molar-refractivity contribution is 5.71. The largest absolute Gasteiger partial charge is 0.444 e. The van der Waals surface area contributed by atoms with Crippen molar-refractivity contribution in [1.29, 1.82) is 0 Å². The Balaban J connectivity index is 2.55. The van der Waals surface area contributed by atoms with Gasteiger partial charge in [-0.05, 0) is 38.8 Å². The van der Waals surface area contributed by atoms with Crippen molar-refractivity contribution in [3.05, 3.63) is 36.1 Å². The Kier molecular flexibility index (Phi) is 3.35. The number of carbonyl (C=O) groups is 1. The van der Waals surface area contributed by atoms with E-state index in [1.807, 2.05) is 39.0 Å². The first kappa shape index (κ1) is 11.6. The van der Waals surface area contributed by atoms with Gasteiger partial charge in [-0.1, -0.05) is 18.7 Å². The molecule has 0 saturated carbocycles. The second-order valence-corrected chi connectivity index (χ2v) is 4.44. The van der Waals surface area contributed by atoms with Gasteiger partial charge in [0.2, 0.25) is 0 Å². The third-order valence-electron chi connectivity index (χ3n) is 1.78. The summed E-state index contributed by atoms with van der Waals surface area (Å²) in [6.07, 6.45) is 6.02. The molecule has 0 aromatic rings. The lowest BCUT2D eigenvalue weighted by Crippen LogP contribution is -2.32. The quantitative estimate of drug-likeness (QED) is 0.718. The SMILES string of the molecule is C=C1CC=CC=C1NC(=O)OC(C)(C)C. The van der Waals surface area contributed by atoms with E-state index in [1.54, 1.807) is 0 Å². The number of alkyl carbamates (subject to hydrolysis) is 1. The Hall–Kier alpha value is -1.51. The molecule has 1 rings (SSSR count). The van der Waals surface area contributed by atoms with E-state index in [0.717, 1.165) is 17.7 Å². The molecule has 3 heteroatoms. The number of amides is 1. The van der Waals surface area contributed by atoms with Gasteiger partial charge in [0.15, 0.2) is 0 Å². The van der Waals surface area contributed by atoms with Crippen LogP contribution in [0.1, 0.15) is 27.2 Å².